The predicted octanol–water partition coefficient (Wildman–Crippen LogP) is 1.19. The van der Waals surface area contributed by atoms with Gasteiger partial charge < -0.3 is 24.6 Å². The zero-order valence-corrected chi connectivity index (χ0v) is 15.7. The second kappa shape index (κ2) is 9.18. The number of piperazine rings is 1. The second-order valence-electron chi connectivity index (χ2n) is 6.17. The fourth-order valence-electron chi connectivity index (χ4n) is 3.04. The summed E-state index contributed by atoms with van der Waals surface area (Å²) in [4.78, 5) is 16.4. The Kier molecular flexibility index (Phi) is 6.43. The monoisotopic (exact) mass is 371 g/mol. The Morgan fingerprint density at radius 1 is 1.04 bits per heavy atom. The van der Waals surface area contributed by atoms with Crippen molar-refractivity contribution < 1.29 is 14.3 Å². The van der Waals surface area contributed by atoms with E-state index in [2.05, 4.69) is 31.4 Å². The van der Waals surface area contributed by atoms with Gasteiger partial charge in [-0.25, -0.2) is 0 Å². The molecule has 0 radical (unpaired) electrons. The van der Waals surface area contributed by atoms with Crippen molar-refractivity contribution in [1.82, 2.24) is 15.5 Å². The van der Waals surface area contributed by atoms with Crippen molar-refractivity contribution in [3.63, 3.8) is 0 Å². The van der Waals surface area contributed by atoms with Crippen molar-refractivity contribution in [1.29, 1.82) is 0 Å². The predicted molar refractivity (Wildman–Crippen MR) is 104 cm³/mol. The van der Waals surface area contributed by atoms with Gasteiger partial charge in [0, 0.05) is 39.8 Å². The smallest absolute Gasteiger partial charge is 0.271 e. The van der Waals surface area contributed by atoms with E-state index in [0.29, 0.717) is 18.8 Å². The third-order valence-electron chi connectivity index (χ3n) is 4.50. The van der Waals surface area contributed by atoms with E-state index in [1.54, 1.807) is 20.3 Å². The molecule has 144 valence electrons. The van der Waals surface area contributed by atoms with Crippen LogP contribution in [-0.4, -0.2) is 69.7 Å². The van der Waals surface area contributed by atoms with Crippen LogP contribution in [0.5, 0.6) is 5.75 Å². The standard InChI is InChI=1S/C19H25N5O3/c1-26-14-9-20-19(25)15-7-8-18(22-21-15)24-12-10-23(11-13-24)16-5-3-4-6-17(16)27-2/h3-8H,9-14H2,1-2H3,(H,20,25). The van der Waals surface area contributed by atoms with Gasteiger partial charge in [-0.15, -0.1) is 10.2 Å². The Labute approximate surface area is 159 Å². The topological polar surface area (TPSA) is 79.8 Å². The van der Waals surface area contributed by atoms with Crippen LogP contribution in [0, 0.1) is 0 Å². The summed E-state index contributed by atoms with van der Waals surface area (Å²) in [6.45, 7) is 4.29. The van der Waals surface area contributed by atoms with E-state index < -0.39 is 0 Å². The van der Waals surface area contributed by atoms with Crippen LogP contribution in [0.1, 0.15) is 10.5 Å². The van der Waals surface area contributed by atoms with Crippen molar-refractivity contribution in [2.24, 2.45) is 0 Å². The Balaban J connectivity index is 1.57. The zero-order valence-electron chi connectivity index (χ0n) is 15.7. The number of rotatable bonds is 7. The summed E-state index contributed by atoms with van der Waals surface area (Å²) in [7, 11) is 3.28. The maximum absolute atomic E-state index is 12.0. The summed E-state index contributed by atoms with van der Waals surface area (Å²) in [6.07, 6.45) is 0. The molecule has 0 atom stereocenters. The van der Waals surface area contributed by atoms with Gasteiger partial charge in [-0.1, -0.05) is 12.1 Å². The molecule has 0 bridgehead atoms. The molecule has 1 N–H and O–H groups in total. The normalized spacial score (nSPS) is 14.1. The lowest BCUT2D eigenvalue weighted by Gasteiger charge is -2.37. The van der Waals surface area contributed by atoms with E-state index in [9.17, 15) is 4.79 Å². The van der Waals surface area contributed by atoms with Crippen molar-refractivity contribution in [3.05, 3.63) is 42.1 Å². The van der Waals surface area contributed by atoms with Crippen LogP contribution in [-0.2, 0) is 4.74 Å². The molecular weight excluding hydrogens is 346 g/mol. The Bertz CT molecular complexity index is 745. The molecule has 3 rings (SSSR count). The van der Waals surface area contributed by atoms with Gasteiger partial charge >= 0.3 is 0 Å². The van der Waals surface area contributed by atoms with Gasteiger partial charge in [-0.2, -0.15) is 0 Å². The third-order valence-corrected chi connectivity index (χ3v) is 4.50. The Morgan fingerprint density at radius 2 is 1.78 bits per heavy atom. The molecule has 27 heavy (non-hydrogen) atoms. The molecule has 8 heteroatoms. The van der Waals surface area contributed by atoms with E-state index in [1.165, 1.54) is 0 Å². The van der Waals surface area contributed by atoms with Crippen LogP contribution in [0.2, 0.25) is 0 Å². The molecule has 2 heterocycles. The minimum absolute atomic E-state index is 0.243. The Hall–Kier alpha value is -2.87. The molecule has 2 aromatic rings. The lowest BCUT2D eigenvalue weighted by molar-refractivity contribution is 0.0931. The molecule has 1 aliphatic heterocycles. The highest BCUT2D eigenvalue weighted by Crippen LogP contribution is 2.28. The summed E-state index contributed by atoms with van der Waals surface area (Å²) in [6, 6.07) is 11.6. The highest BCUT2D eigenvalue weighted by molar-refractivity contribution is 5.92. The van der Waals surface area contributed by atoms with Gasteiger partial charge in [0.15, 0.2) is 11.5 Å². The third kappa shape index (κ3) is 4.65. The van der Waals surface area contributed by atoms with Crippen molar-refractivity contribution in [2.45, 2.75) is 0 Å². The van der Waals surface area contributed by atoms with E-state index >= 15 is 0 Å². The van der Waals surface area contributed by atoms with Gasteiger partial charge in [0.25, 0.3) is 5.91 Å². The average Bonchev–Trinajstić information content (AvgIpc) is 2.74. The van der Waals surface area contributed by atoms with Gasteiger partial charge in [-0.05, 0) is 24.3 Å². The first-order valence-corrected chi connectivity index (χ1v) is 8.96. The van der Waals surface area contributed by atoms with E-state index in [-0.39, 0.29) is 5.91 Å². The van der Waals surface area contributed by atoms with Gasteiger partial charge in [0.2, 0.25) is 0 Å². The summed E-state index contributed by atoms with van der Waals surface area (Å²) >= 11 is 0. The first-order chi connectivity index (χ1) is 13.2. The summed E-state index contributed by atoms with van der Waals surface area (Å²) in [5.74, 6) is 1.42. The van der Waals surface area contributed by atoms with Crippen molar-refractivity contribution in [2.75, 3.05) is 63.4 Å². The van der Waals surface area contributed by atoms with Crippen molar-refractivity contribution >= 4 is 17.4 Å². The molecule has 0 unspecified atom stereocenters. The number of ether oxygens (including phenoxy) is 2. The fourth-order valence-corrected chi connectivity index (χ4v) is 3.04. The number of benzene rings is 1. The summed E-state index contributed by atoms with van der Waals surface area (Å²) in [5, 5.41) is 11.0. The highest BCUT2D eigenvalue weighted by atomic mass is 16.5. The number of nitrogens with zero attached hydrogens (tertiary/aromatic N) is 4. The molecule has 1 saturated heterocycles. The van der Waals surface area contributed by atoms with Gasteiger partial charge in [0.05, 0.1) is 19.4 Å². The zero-order chi connectivity index (χ0) is 19.1. The van der Waals surface area contributed by atoms with Crippen LogP contribution >= 0.6 is 0 Å². The first kappa shape index (κ1) is 18.9. The number of para-hydroxylation sites is 2. The van der Waals surface area contributed by atoms with E-state index in [1.807, 2.05) is 24.3 Å². The maximum atomic E-state index is 12.0. The molecule has 0 spiro atoms. The SMILES string of the molecule is COCCNC(=O)c1ccc(N2CCN(c3ccccc3OC)CC2)nn1. The molecule has 8 nitrogen and oxygen atoms in total. The summed E-state index contributed by atoms with van der Waals surface area (Å²) in [5.41, 5.74) is 1.41. The number of aromatic nitrogens is 2. The molecule has 0 saturated carbocycles. The van der Waals surface area contributed by atoms with Gasteiger partial charge in [-0.3, -0.25) is 4.79 Å². The number of hydrogen-bond donors (Lipinski definition) is 1. The minimum Gasteiger partial charge on any atom is -0.495 e. The number of anilines is 2. The highest BCUT2D eigenvalue weighted by Gasteiger charge is 2.21. The molecule has 1 amide bonds. The fraction of sp³-hybridized carbons (Fsp3) is 0.421. The second-order valence-corrected chi connectivity index (χ2v) is 6.17. The first-order valence-electron chi connectivity index (χ1n) is 8.96. The van der Waals surface area contributed by atoms with Crippen LogP contribution in [0.15, 0.2) is 36.4 Å². The number of carbonyl (C=O) groups excluding carboxylic acids is 1. The maximum Gasteiger partial charge on any atom is 0.271 e. The molecule has 1 aromatic carbocycles. The number of amides is 1. The summed E-state index contributed by atoms with van der Waals surface area (Å²) < 4.78 is 10.4. The number of nitrogens with one attached hydrogen (secondary N) is 1. The lowest BCUT2D eigenvalue weighted by Crippen LogP contribution is -2.47. The van der Waals surface area contributed by atoms with Crippen molar-refractivity contribution in [3.8, 4) is 5.75 Å². The molecular formula is C19H25N5O3. The molecule has 1 aliphatic rings. The Morgan fingerprint density at radius 3 is 2.44 bits per heavy atom. The van der Waals surface area contributed by atoms with Gasteiger partial charge in [0.1, 0.15) is 5.75 Å². The number of hydrogen-bond acceptors (Lipinski definition) is 7. The molecule has 1 aromatic heterocycles. The minimum atomic E-state index is -0.243. The van der Waals surface area contributed by atoms with Crippen LogP contribution in [0.4, 0.5) is 11.5 Å². The number of methoxy groups -OCH3 is 2. The molecule has 1 fully saturated rings. The lowest BCUT2D eigenvalue weighted by atomic mass is 10.2. The average molecular weight is 371 g/mol. The van der Waals surface area contributed by atoms with Crippen LogP contribution in [0.25, 0.3) is 0 Å². The van der Waals surface area contributed by atoms with Crippen LogP contribution in [0.3, 0.4) is 0 Å². The van der Waals surface area contributed by atoms with E-state index in [4.69, 9.17) is 9.47 Å². The van der Waals surface area contributed by atoms with E-state index in [0.717, 1.165) is 43.4 Å². The largest absolute Gasteiger partial charge is 0.495 e. The number of carbonyl (C=O) groups is 1. The van der Waals surface area contributed by atoms with Crippen LogP contribution < -0.4 is 19.9 Å². The quantitative estimate of drug-likeness (QED) is 0.732. The molecule has 0 aliphatic carbocycles.